The lowest BCUT2D eigenvalue weighted by molar-refractivity contribution is -0.145. The van der Waals surface area contributed by atoms with Crippen molar-refractivity contribution in [3.63, 3.8) is 0 Å². The minimum atomic E-state index is -1.36. The van der Waals surface area contributed by atoms with E-state index in [1.165, 1.54) is 36.5 Å². The summed E-state index contributed by atoms with van der Waals surface area (Å²) in [5.74, 6) is -2.78. The topological polar surface area (TPSA) is 192 Å². The Kier molecular flexibility index (Phi) is 12.0. The number of aryl methyl sites for hydroxylation is 1. The second-order valence-electron chi connectivity index (χ2n) is 12.4. The second-order valence-corrected chi connectivity index (χ2v) is 13.7. The van der Waals surface area contributed by atoms with Gasteiger partial charge in [-0.1, -0.05) is 6.07 Å². The highest BCUT2D eigenvalue weighted by molar-refractivity contribution is 7.11. The largest absolute Gasteiger partial charge is 0.497 e. The summed E-state index contributed by atoms with van der Waals surface area (Å²) in [5.41, 5.74) is 0.246. The second kappa shape index (κ2) is 15.9. The monoisotopic (exact) mass is 699 g/mol. The number of thiazole rings is 1. The summed E-state index contributed by atoms with van der Waals surface area (Å²) in [5, 5.41) is 8.41. The predicted molar refractivity (Wildman–Crippen MR) is 177 cm³/mol. The van der Waals surface area contributed by atoms with Gasteiger partial charge in [-0.05, 0) is 69.9 Å². The number of aromatic nitrogens is 1. The normalized spacial score (nSPS) is 21.5. The maximum atomic E-state index is 13.8. The van der Waals surface area contributed by atoms with Gasteiger partial charge in [0.2, 0.25) is 11.8 Å². The van der Waals surface area contributed by atoms with Crippen LogP contribution in [0.25, 0.3) is 6.08 Å². The number of rotatable bonds is 3. The zero-order chi connectivity index (χ0) is 35.9. The average Bonchev–Trinajstić information content (AvgIpc) is 3.69. The number of cyclic esters (lactones) is 1. The fourth-order valence-corrected chi connectivity index (χ4v) is 6.21. The first-order valence-electron chi connectivity index (χ1n) is 15.6. The van der Waals surface area contributed by atoms with Crippen molar-refractivity contribution in [3.05, 3.63) is 51.0 Å². The molecule has 0 aliphatic carbocycles. The highest BCUT2D eigenvalue weighted by Gasteiger charge is 2.39. The average molecular weight is 700 g/mol. The van der Waals surface area contributed by atoms with Gasteiger partial charge in [0.25, 0.3) is 5.91 Å². The van der Waals surface area contributed by atoms with E-state index in [0.717, 1.165) is 6.08 Å². The Balaban J connectivity index is 1.71. The van der Waals surface area contributed by atoms with Crippen molar-refractivity contribution in [2.75, 3.05) is 27.4 Å². The van der Waals surface area contributed by atoms with Crippen LogP contribution in [0.15, 0.2) is 24.3 Å². The van der Waals surface area contributed by atoms with Gasteiger partial charge >= 0.3 is 18.0 Å². The summed E-state index contributed by atoms with van der Waals surface area (Å²) >= 11 is 1.20. The first-order chi connectivity index (χ1) is 23.2. The molecule has 4 amide bonds. The lowest BCUT2D eigenvalue weighted by Gasteiger charge is -2.29. The summed E-state index contributed by atoms with van der Waals surface area (Å²) in [6.07, 6.45) is 2.53. The first-order valence-corrected chi connectivity index (χ1v) is 16.4. The smallest absolute Gasteiger partial charge is 0.408 e. The Morgan fingerprint density at radius 2 is 1.88 bits per heavy atom. The Morgan fingerprint density at radius 3 is 2.57 bits per heavy atom. The van der Waals surface area contributed by atoms with E-state index in [9.17, 15) is 28.8 Å². The number of amides is 4. The van der Waals surface area contributed by atoms with Crippen LogP contribution in [-0.2, 0) is 46.4 Å². The van der Waals surface area contributed by atoms with E-state index >= 15 is 0 Å². The molecule has 49 heavy (non-hydrogen) atoms. The van der Waals surface area contributed by atoms with E-state index in [2.05, 4.69) is 20.9 Å². The zero-order valence-electron chi connectivity index (χ0n) is 28.2. The molecule has 2 aromatic rings. The molecular formula is C33H41N5O10S. The van der Waals surface area contributed by atoms with Gasteiger partial charge in [-0.3, -0.25) is 14.4 Å². The lowest BCUT2D eigenvalue weighted by Crippen LogP contribution is -2.55. The van der Waals surface area contributed by atoms with Gasteiger partial charge in [0, 0.05) is 23.9 Å². The molecule has 0 spiro atoms. The number of alkyl carbamates (subject to hydrolysis) is 1. The van der Waals surface area contributed by atoms with Gasteiger partial charge in [0.05, 0.1) is 20.8 Å². The molecule has 1 saturated heterocycles. The molecule has 15 nitrogen and oxygen atoms in total. The summed E-state index contributed by atoms with van der Waals surface area (Å²) in [6.45, 7) is 6.35. The fraction of sp³-hybridized carbons (Fsp3) is 0.485. The van der Waals surface area contributed by atoms with Crippen molar-refractivity contribution in [1.82, 2.24) is 25.8 Å². The van der Waals surface area contributed by atoms with E-state index in [-0.39, 0.29) is 25.2 Å². The van der Waals surface area contributed by atoms with Crippen LogP contribution in [-0.4, -0.2) is 96.7 Å². The molecule has 1 aromatic carbocycles. The molecule has 1 fully saturated rings. The molecule has 3 N–H and O–H groups in total. The summed E-state index contributed by atoms with van der Waals surface area (Å²) in [4.78, 5) is 85.3. The van der Waals surface area contributed by atoms with Crippen molar-refractivity contribution < 1.29 is 47.7 Å². The molecule has 3 atom stereocenters. The number of ether oxygens (including phenoxy) is 4. The van der Waals surface area contributed by atoms with Gasteiger partial charge in [0.1, 0.15) is 46.8 Å². The third-order valence-electron chi connectivity index (χ3n) is 7.66. The number of esters is 2. The first kappa shape index (κ1) is 36.8. The lowest BCUT2D eigenvalue weighted by atomic mass is 9.99. The van der Waals surface area contributed by atoms with Crippen LogP contribution in [0.4, 0.5) is 4.79 Å². The van der Waals surface area contributed by atoms with Crippen LogP contribution in [0.5, 0.6) is 5.75 Å². The van der Waals surface area contributed by atoms with Gasteiger partial charge in [-0.25, -0.2) is 19.4 Å². The van der Waals surface area contributed by atoms with Gasteiger partial charge in [0.15, 0.2) is 0 Å². The molecule has 264 valence electrons. The van der Waals surface area contributed by atoms with Crippen molar-refractivity contribution in [1.29, 1.82) is 0 Å². The molecule has 1 aromatic heterocycles. The van der Waals surface area contributed by atoms with Crippen LogP contribution in [0.3, 0.4) is 0 Å². The quantitative estimate of drug-likeness (QED) is 0.314. The molecule has 16 heteroatoms. The molecule has 2 aliphatic heterocycles. The maximum absolute atomic E-state index is 13.8. The van der Waals surface area contributed by atoms with E-state index < -0.39 is 66.1 Å². The number of carbonyl (C=O) groups excluding carboxylic acids is 6. The molecule has 4 rings (SSSR count). The minimum Gasteiger partial charge on any atom is -0.497 e. The standard InChI is InChI=1S/C33H41N5O10S/c1-18-27-29(41)35-22(31(43)46-6)15-20-9-11-21(45-5)14-19(20)10-12-26(39)47-17-23(36-32(44)48-33(2,3)4)30(42)38-13-7-8-24(38)28(40)34-16-25(37-27)49-18/h9-12,14,22-24H,7-8,13,15-17H2,1-6H3,(H,34,40)(H,35,41)(H,36,44)/b12-10+/t22-,23-,24-/m0/s1. The molecule has 3 heterocycles. The highest BCUT2D eigenvalue weighted by atomic mass is 32.1. The van der Waals surface area contributed by atoms with Crippen molar-refractivity contribution in [2.45, 2.75) is 77.2 Å². The van der Waals surface area contributed by atoms with E-state index in [0.29, 0.717) is 39.6 Å². The van der Waals surface area contributed by atoms with Crippen LogP contribution in [0, 0.1) is 6.92 Å². The molecule has 0 unspecified atom stereocenters. The Morgan fingerprint density at radius 1 is 1.12 bits per heavy atom. The molecule has 2 aliphatic rings. The highest BCUT2D eigenvalue weighted by Crippen LogP contribution is 2.23. The van der Waals surface area contributed by atoms with Gasteiger partial charge < -0.3 is 39.8 Å². The summed E-state index contributed by atoms with van der Waals surface area (Å²) in [7, 11) is 2.67. The SMILES string of the molecule is COC(=O)[C@@H]1Cc2ccc(OC)cc2/C=C/C(=O)OC[C@H](NC(=O)OC(C)(C)C)C(=O)N2CCC[C@H]2C(=O)NCc2nc(c(C)s2)C(=O)N1. The molecular weight excluding hydrogens is 658 g/mol. The van der Waals surface area contributed by atoms with Crippen LogP contribution in [0.1, 0.15) is 65.1 Å². The van der Waals surface area contributed by atoms with Crippen molar-refractivity contribution in [3.8, 4) is 5.75 Å². The fourth-order valence-electron chi connectivity index (χ4n) is 5.34. The number of benzene rings is 1. The van der Waals surface area contributed by atoms with Gasteiger partial charge in [-0.15, -0.1) is 11.3 Å². The Labute approximate surface area is 287 Å². The van der Waals surface area contributed by atoms with Crippen molar-refractivity contribution in [2.24, 2.45) is 0 Å². The Hall–Kier alpha value is -4.99. The van der Waals surface area contributed by atoms with Crippen LogP contribution >= 0.6 is 11.3 Å². The van der Waals surface area contributed by atoms with E-state index in [4.69, 9.17) is 18.9 Å². The third-order valence-corrected chi connectivity index (χ3v) is 8.63. The molecule has 2 bridgehead atoms. The maximum Gasteiger partial charge on any atom is 0.408 e. The number of hydrogen-bond donors (Lipinski definition) is 3. The van der Waals surface area contributed by atoms with Crippen LogP contribution < -0.4 is 20.7 Å². The number of methoxy groups -OCH3 is 2. The third kappa shape index (κ3) is 9.78. The van der Waals surface area contributed by atoms with E-state index in [1.54, 1.807) is 45.9 Å². The number of nitrogens with zero attached hydrogens (tertiary/aromatic N) is 2. The van der Waals surface area contributed by atoms with Gasteiger partial charge in [-0.2, -0.15) is 0 Å². The minimum absolute atomic E-state index is 0.0170. The number of nitrogens with one attached hydrogen (secondary N) is 3. The number of carbonyl (C=O) groups is 6. The molecule has 0 saturated carbocycles. The van der Waals surface area contributed by atoms with Crippen LogP contribution in [0.2, 0.25) is 0 Å². The zero-order valence-corrected chi connectivity index (χ0v) is 29.1. The summed E-state index contributed by atoms with van der Waals surface area (Å²) < 4.78 is 21.1. The Bertz CT molecular complexity index is 1630. The molecule has 0 radical (unpaired) electrons. The van der Waals surface area contributed by atoms with E-state index in [1.807, 2.05) is 0 Å². The number of fused-ring (bicyclic) bond motifs is 4. The van der Waals surface area contributed by atoms with Crippen molar-refractivity contribution >= 4 is 53.2 Å². The summed E-state index contributed by atoms with van der Waals surface area (Å²) in [6, 6.07) is 1.64. The predicted octanol–water partition coefficient (Wildman–Crippen LogP) is 2.04. The number of hydrogen-bond acceptors (Lipinski definition) is 12.